The Labute approximate surface area is 105 Å². The van der Waals surface area contributed by atoms with Crippen molar-refractivity contribution in [1.29, 1.82) is 0 Å². The lowest BCUT2D eigenvalue weighted by molar-refractivity contribution is -0.0539. The molecule has 2 heteroatoms. The second kappa shape index (κ2) is 4.10. The van der Waals surface area contributed by atoms with Gasteiger partial charge >= 0.3 is 0 Å². The molecule has 2 aliphatic rings. The van der Waals surface area contributed by atoms with Crippen LogP contribution in [-0.2, 0) is 0 Å². The lowest BCUT2D eigenvalue weighted by Gasteiger charge is -2.35. The van der Waals surface area contributed by atoms with E-state index >= 15 is 0 Å². The number of fused-ring (bicyclic) bond motifs is 1. The van der Waals surface area contributed by atoms with Crippen molar-refractivity contribution in [1.82, 2.24) is 0 Å². The van der Waals surface area contributed by atoms with Crippen LogP contribution in [0.15, 0.2) is 12.2 Å². The molecule has 0 radical (unpaired) electrons. The van der Waals surface area contributed by atoms with E-state index in [1.165, 1.54) is 5.57 Å². The molecule has 0 bridgehead atoms. The average molecular weight is 238 g/mol. The summed E-state index contributed by atoms with van der Waals surface area (Å²) in [5.41, 5.74) is -0.0219. The van der Waals surface area contributed by atoms with Gasteiger partial charge in [-0.05, 0) is 70.6 Å². The minimum absolute atomic E-state index is 0.224. The first-order valence-electron chi connectivity index (χ1n) is 6.84. The van der Waals surface area contributed by atoms with Crippen molar-refractivity contribution in [2.75, 3.05) is 0 Å². The van der Waals surface area contributed by atoms with Crippen LogP contribution >= 0.6 is 0 Å². The molecule has 0 aromatic heterocycles. The smallest absolute Gasteiger partial charge is 0.0651 e. The second-order valence-electron chi connectivity index (χ2n) is 6.78. The fourth-order valence-electron chi connectivity index (χ4n) is 3.95. The molecule has 2 aliphatic carbocycles. The van der Waals surface area contributed by atoms with Gasteiger partial charge in [-0.2, -0.15) is 0 Å². The van der Waals surface area contributed by atoms with Crippen LogP contribution < -0.4 is 0 Å². The highest BCUT2D eigenvalue weighted by Gasteiger charge is 2.52. The summed E-state index contributed by atoms with van der Waals surface area (Å²) in [7, 11) is 0. The van der Waals surface area contributed by atoms with E-state index in [1.54, 1.807) is 0 Å². The predicted molar refractivity (Wildman–Crippen MR) is 69.6 cm³/mol. The van der Waals surface area contributed by atoms with Crippen molar-refractivity contribution in [3.63, 3.8) is 0 Å². The highest BCUT2D eigenvalue weighted by molar-refractivity contribution is 5.08. The summed E-state index contributed by atoms with van der Waals surface area (Å²) in [6.07, 6.45) is 4.60. The standard InChI is InChI=1S/C15H26O2/c1-10(2)11-5-7-14(3,16)12-6-8-15(4,17)13(12)9-11/h11-13,16-17H,1,5-9H2,2-4H3/t11-,12+,13+,14+,15+/m0/s1. The maximum atomic E-state index is 10.6. The third kappa shape index (κ3) is 2.30. The Hall–Kier alpha value is -0.340. The van der Waals surface area contributed by atoms with Gasteiger partial charge in [0, 0.05) is 0 Å². The quantitative estimate of drug-likeness (QED) is 0.690. The number of allylic oxidation sites excluding steroid dienone is 1. The van der Waals surface area contributed by atoms with Gasteiger partial charge in [-0.25, -0.2) is 0 Å². The van der Waals surface area contributed by atoms with Gasteiger partial charge < -0.3 is 10.2 Å². The Morgan fingerprint density at radius 1 is 1.06 bits per heavy atom. The monoisotopic (exact) mass is 238 g/mol. The van der Waals surface area contributed by atoms with Gasteiger partial charge in [0.1, 0.15) is 0 Å². The van der Waals surface area contributed by atoms with E-state index in [0.29, 0.717) is 5.92 Å². The van der Waals surface area contributed by atoms with Crippen molar-refractivity contribution in [2.45, 2.75) is 64.1 Å². The maximum absolute atomic E-state index is 10.6. The molecule has 2 N–H and O–H groups in total. The highest BCUT2D eigenvalue weighted by atomic mass is 16.3. The normalized spacial score (nSPS) is 50.8. The molecular weight excluding hydrogens is 212 g/mol. The molecule has 5 atom stereocenters. The number of rotatable bonds is 1. The molecule has 0 unspecified atom stereocenters. The summed E-state index contributed by atoms with van der Waals surface area (Å²) in [5.74, 6) is 0.935. The fraction of sp³-hybridized carbons (Fsp3) is 0.867. The van der Waals surface area contributed by atoms with Gasteiger partial charge in [-0.3, -0.25) is 0 Å². The van der Waals surface area contributed by atoms with Crippen molar-refractivity contribution >= 4 is 0 Å². The minimum Gasteiger partial charge on any atom is -0.390 e. The second-order valence-corrected chi connectivity index (χ2v) is 6.78. The summed E-state index contributed by atoms with van der Waals surface area (Å²) in [4.78, 5) is 0. The molecule has 17 heavy (non-hydrogen) atoms. The van der Waals surface area contributed by atoms with Crippen LogP contribution in [-0.4, -0.2) is 21.4 Å². The van der Waals surface area contributed by atoms with E-state index in [4.69, 9.17) is 0 Å². The highest BCUT2D eigenvalue weighted by Crippen LogP contribution is 2.52. The van der Waals surface area contributed by atoms with Crippen LogP contribution in [0, 0.1) is 17.8 Å². The zero-order valence-corrected chi connectivity index (χ0v) is 11.4. The van der Waals surface area contributed by atoms with Crippen molar-refractivity contribution in [3.05, 3.63) is 12.2 Å². The van der Waals surface area contributed by atoms with E-state index in [9.17, 15) is 10.2 Å². The van der Waals surface area contributed by atoms with E-state index in [-0.39, 0.29) is 11.8 Å². The first-order valence-corrected chi connectivity index (χ1v) is 6.84. The Balaban J connectivity index is 2.28. The molecule has 0 spiro atoms. The fourth-order valence-corrected chi connectivity index (χ4v) is 3.95. The minimum atomic E-state index is -0.616. The van der Waals surface area contributed by atoms with Crippen LogP contribution in [0.5, 0.6) is 0 Å². The number of hydrogen-bond acceptors (Lipinski definition) is 2. The molecule has 98 valence electrons. The third-order valence-corrected chi connectivity index (χ3v) is 5.28. The van der Waals surface area contributed by atoms with Crippen LogP contribution in [0.25, 0.3) is 0 Å². The van der Waals surface area contributed by atoms with Gasteiger partial charge in [0.25, 0.3) is 0 Å². The third-order valence-electron chi connectivity index (χ3n) is 5.28. The van der Waals surface area contributed by atoms with Crippen LogP contribution in [0.4, 0.5) is 0 Å². The van der Waals surface area contributed by atoms with Crippen LogP contribution in [0.2, 0.25) is 0 Å². The zero-order valence-electron chi connectivity index (χ0n) is 11.4. The molecule has 0 saturated heterocycles. The molecular formula is C15H26O2. The summed E-state index contributed by atoms with van der Waals surface area (Å²) in [5, 5.41) is 21.1. The molecule has 2 fully saturated rings. The lowest BCUT2D eigenvalue weighted by Crippen LogP contribution is -2.40. The maximum Gasteiger partial charge on any atom is 0.0651 e. The molecule has 0 aromatic rings. The van der Waals surface area contributed by atoms with Crippen molar-refractivity contribution in [2.24, 2.45) is 17.8 Å². The summed E-state index contributed by atoms with van der Waals surface area (Å²) >= 11 is 0. The van der Waals surface area contributed by atoms with Gasteiger partial charge in [0.2, 0.25) is 0 Å². The molecule has 0 aromatic carbocycles. The first kappa shape index (κ1) is 13.1. The summed E-state index contributed by atoms with van der Waals surface area (Å²) < 4.78 is 0. The van der Waals surface area contributed by atoms with E-state index < -0.39 is 11.2 Å². The Kier molecular flexibility index (Phi) is 3.16. The topological polar surface area (TPSA) is 40.5 Å². The van der Waals surface area contributed by atoms with Gasteiger partial charge in [-0.1, -0.05) is 12.2 Å². The first-order chi connectivity index (χ1) is 7.74. The number of hydrogen-bond donors (Lipinski definition) is 2. The van der Waals surface area contributed by atoms with Crippen molar-refractivity contribution < 1.29 is 10.2 Å². The van der Waals surface area contributed by atoms with E-state index in [0.717, 1.165) is 32.1 Å². The number of aliphatic hydroxyl groups is 2. The van der Waals surface area contributed by atoms with Crippen LogP contribution in [0.1, 0.15) is 52.9 Å². The summed E-state index contributed by atoms with van der Waals surface area (Å²) in [6.45, 7) is 10.0. The molecule has 2 rings (SSSR count). The van der Waals surface area contributed by atoms with E-state index in [1.807, 2.05) is 13.8 Å². The molecule has 2 saturated carbocycles. The molecule has 2 nitrogen and oxygen atoms in total. The Bertz CT molecular complexity index is 317. The Morgan fingerprint density at radius 3 is 2.18 bits per heavy atom. The SMILES string of the molecule is C=C(C)[C@H]1CC[C@@](C)(O)[C@@H]2CC[C@@](C)(O)[C@@H]2C1. The van der Waals surface area contributed by atoms with Gasteiger partial charge in [-0.15, -0.1) is 0 Å². The largest absolute Gasteiger partial charge is 0.390 e. The predicted octanol–water partition coefficient (Wildman–Crippen LogP) is 2.89. The Morgan fingerprint density at radius 2 is 1.59 bits per heavy atom. The average Bonchev–Trinajstić information content (AvgIpc) is 2.39. The molecule has 0 heterocycles. The van der Waals surface area contributed by atoms with Crippen LogP contribution in [0.3, 0.4) is 0 Å². The van der Waals surface area contributed by atoms with Gasteiger partial charge in [0.15, 0.2) is 0 Å². The van der Waals surface area contributed by atoms with Crippen molar-refractivity contribution in [3.8, 4) is 0 Å². The summed E-state index contributed by atoms with van der Waals surface area (Å²) in [6, 6.07) is 0. The zero-order chi connectivity index (χ0) is 12.8. The van der Waals surface area contributed by atoms with E-state index in [2.05, 4.69) is 13.5 Å². The van der Waals surface area contributed by atoms with Gasteiger partial charge in [0.05, 0.1) is 11.2 Å². The molecule has 0 amide bonds. The lowest BCUT2D eigenvalue weighted by atomic mass is 9.76. The molecule has 0 aliphatic heterocycles.